The van der Waals surface area contributed by atoms with E-state index in [0.717, 1.165) is 25.3 Å². The number of nitrogens with zero attached hydrogens (tertiary/aromatic N) is 1. The Labute approximate surface area is 116 Å². The van der Waals surface area contributed by atoms with Crippen molar-refractivity contribution in [3.8, 4) is 5.75 Å². The number of likely N-dealkylation sites (tertiary alicyclic amines) is 1. The molecule has 0 aliphatic carbocycles. The van der Waals surface area contributed by atoms with Crippen LogP contribution >= 0.6 is 0 Å². The fourth-order valence-electron chi connectivity index (χ4n) is 3.10. The van der Waals surface area contributed by atoms with E-state index in [1.807, 2.05) is 13.1 Å². The summed E-state index contributed by atoms with van der Waals surface area (Å²) in [4.78, 5) is 2.49. The van der Waals surface area contributed by atoms with E-state index in [0.29, 0.717) is 0 Å². The molecular formula is C16H26N2O. The van der Waals surface area contributed by atoms with Gasteiger partial charge in [0, 0.05) is 18.5 Å². The van der Waals surface area contributed by atoms with Crippen LogP contribution in [0, 0.1) is 6.92 Å². The third kappa shape index (κ3) is 3.28. The number of likely N-dealkylation sites (N-methyl/N-ethyl adjacent to an activating group) is 2. The fourth-order valence-corrected chi connectivity index (χ4v) is 3.10. The van der Waals surface area contributed by atoms with Gasteiger partial charge in [0.15, 0.2) is 0 Å². The first-order valence-electron chi connectivity index (χ1n) is 7.22. The lowest BCUT2D eigenvalue weighted by atomic mass is 9.92. The number of nitrogens with one attached hydrogen (secondary N) is 1. The van der Waals surface area contributed by atoms with Crippen LogP contribution in [0.15, 0.2) is 24.3 Å². The van der Waals surface area contributed by atoms with Crippen LogP contribution in [0.2, 0.25) is 0 Å². The van der Waals surface area contributed by atoms with E-state index >= 15 is 0 Å². The van der Waals surface area contributed by atoms with Crippen LogP contribution in [-0.4, -0.2) is 44.2 Å². The second-order valence-corrected chi connectivity index (χ2v) is 5.64. The Morgan fingerprint density at radius 1 is 1.37 bits per heavy atom. The second-order valence-electron chi connectivity index (χ2n) is 5.64. The van der Waals surface area contributed by atoms with E-state index in [-0.39, 0.29) is 5.54 Å². The molecule has 1 N–H and O–H groups in total. The first-order valence-corrected chi connectivity index (χ1v) is 7.22. The summed E-state index contributed by atoms with van der Waals surface area (Å²) in [5, 5.41) is 3.34. The molecule has 1 heterocycles. The fraction of sp³-hybridized carbons (Fsp3) is 0.625. The van der Waals surface area contributed by atoms with Crippen molar-refractivity contribution in [2.75, 3.05) is 33.8 Å². The average molecular weight is 262 g/mol. The SMILES string of the molecule is CNCC1(CCOc2ccccc2C)CCCN1C. The molecule has 1 unspecified atom stereocenters. The first kappa shape index (κ1) is 14.4. The largest absolute Gasteiger partial charge is 0.493 e. The molecular weight excluding hydrogens is 236 g/mol. The van der Waals surface area contributed by atoms with E-state index in [4.69, 9.17) is 4.74 Å². The third-order valence-electron chi connectivity index (χ3n) is 4.37. The molecule has 1 aromatic rings. The smallest absolute Gasteiger partial charge is 0.122 e. The Bertz CT molecular complexity index is 407. The van der Waals surface area contributed by atoms with Crippen molar-refractivity contribution in [2.24, 2.45) is 0 Å². The maximum atomic E-state index is 5.96. The summed E-state index contributed by atoms with van der Waals surface area (Å²) < 4.78 is 5.96. The molecule has 2 rings (SSSR count). The van der Waals surface area contributed by atoms with Crippen LogP contribution in [0.1, 0.15) is 24.8 Å². The Kier molecular flexibility index (Phi) is 4.83. The quantitative estimate of drug-likeness (QED) is 0.852. The predicted octanol–water partition coefficient (Wildman–Crippen LogP) is 2.45. The number of rotatable bonds is 6. The summed E-state index contributed by atoms with van der Waals surface area (Å²) >= 11 is 0. The van der Waals surface area contributed by atoms with Gasteiger partial charge in [-0.05, 0) is 52.0 Å². The number of aryl methyl sites for hydroxylation is 1. The molecule has 0 spiro atoms. The summed E-state index contributed by atoms with van der Waals surface area (Å²) in [5.74, 6) is 1.02. The monoisotopic (exact) mass is 262 g/mol. The molecule has 0 saturated carbocycles. The van der Waals surface area contributed by atoms with Gasteiger partial charge in [0.2, 0.25) is 0 Å². The highest BCUT2D eigenvalue weighted by Gasteiger charge is 2.37. The summed E-state index contributed by atoms with van der Waals surface area (Å²) in [6.45, 7) is 5.13. The van der Waals surface area contributed by atoms with Crippen molar-refractivity contribution < 1.29 is 4.74 Å². The third-order valence-corrected chi connectivity index (χ3v) is 4.37. The van der Waals surface area contributed by atoms with E-state index in [1.165, 1.54) is 24.9 Å². The normalized spacial score (nSPS) is 23.7. The zero-order chi connectivity index (χ0) is 13.7. The molecule has 1 saturated heterocycles. The highest BCUT2D eigenvalue weighted by atomic mass is 16.5. The van der Waals surface area contributed by atoms with Gasteiger partial charge in [-0.15, -0.1) is 0 Å². The lowest BCUT2D eigenvalue weighted by Gasteiger charge is -2.36. The Balaban J connectivity index is 1.91. The van der Waals surface area contributed by atoms with Gasteiger partial charge in [-0.25, -0.2) is 0 Å². The molecule has 106 valence electrons. The van der Waals surface area contributed by atoms with Gasteiger partial charge in [-0.3, -0.25) is 4.90 Å². The van der Waals surface area contributed by atoms with Crippen LogP contribution in [0.25, 0.3) is 0 Å². The molecule has 0 amide bonds. The highest BCUT2D eigenvalue weighted by molar-refractivity contribution is 5.31. The number of hydrogen-bond donors (Lipinski definition) is 1. The molecule has 1 aromatic carbocycles. The van der Waals surface area contributed by atoms with Crippen LogP contribution in [0.3, 0.4) is 0 Å². The van der Waals surface area contributed by atoms with E-state index < -0.39 is 0 Å². The van der Waals surface area contributed by atoms with Gasteiger partial charge in [-0.2, -0.15) is 0 Å². The van der Waals surface area contributed by atoms with E-state index in [2.05, 4.69) is 42.4 Å². The predicted molar refractivity (Wildman–Crippen MR) is 79.8 cm³/mol. The molecule has 0 radical (unpaired) electrons. The highest BCUT2D eigenvalue weighted by Crippen LogP contribution is 2.30. The summed E-state index contributed by atoms with van der Waals surface area (Å²) in [5.41, 5.74) is 1.49. The summed E-state index contributed by atoms with van der Waals surface area (Å²) in [6, 6.07) is 8.24. The Hall–Kier alpha value is -1.06. The van der Waals surface area contributed by atoms with Gasteiger partial charge < -0.3 is 10.1 Å². The van der Waals surface area contributed by atoms with Gasteiger partial charge in [0.25, 0.3) is 0 Å². The Morgan fingerprint density at radius 3 is 2.79 bits per heavy atom. The molecule has 1 aliphatic rings. The minimum absolute atomic E-state index is 0.275. The number of ether oxygens (including phenoxy) is 1. The lowest BCUT2D eigenvalue weighted by molar-refractivity contribution is 0.131. The van der Waals surface area contributed by atoms with E-state index in [1.54, 1.807) is 0 Å². The number of hydrogen-bond acceptors (Lipinski definition) is 3. The topological polar surface area (TPSA) is 24.5 Å². The van der Waals surface area contributed by atoms with Crippen molar-refractivity contribution in [3.63, 3.8) is 0 Å². The first-order chi connectivity index (χ1) is 9.18. The molecule has 3 heteroatoms. The number of benzene rings is 1. The van der Waals surface area contributed by atoms with Gasteiger partial charge in [0.05, 0.1) is 6.61 Å². The lowest BCUT2D eigenvalue weighted by Crippen LogP contribution is -2.49. The van der Waals surface area contributed by atoms with Crippen LogP contribution < -0.4 is 10.1 Å². The van der Waals surface area contributed by atoms with Gasteiger partial charge in [-0.1, -0.05) is 18.2 Å². The van der Waals surface area contributed by atoms with Crippen molar-refractivity contribution in [3.05, 3.63) is 29.8 Å². The minimum atomic E-state index is 0.275. The molecule has 1 atom stereocenters. The van der Waals surface area contributed by atoms with Crippen LogP contribution in [0.4, 0.5) is 0 Å². The molecule has 1 aliphatic heterocycles. The van der Waals surface area contributed by atoms with Crippen molar-refractivity contribution in [2.45, 2.75) is 31.7 Å². The molecule has 1 fully saturated rings. The van der Waals surface area contributed by atoms with Crippen molar-refractivity contribution in [1.29, 1.82) is 0 Å². The van der Waals surface area contributed by atoms with E-state index in [9.17, 15) is 0 Å². The summed E-state index contributed by atoms with van der Waals surface area (Å²) in [7, 11) is 4.27. The van der Waals surface area contributed by atoms with Gasteiger partial charge >= 0.3 is 0 Å². The van der Waals surface area contributed by atoms with Gasteiger partial charge in [0.1, 0.15) is 5.75 Å². The van der Waals surface area contributed by atoms with Crippen LogP contribution in [-0.2, 0) is 0 Å². The standard InChI is InChI=1S/C16H26N2O/c1-14-7-4-5-8-15(14)19-12-10-16(13-17-2)9-6-11-18(16)3/h4-5,7-8,17H,6,9-13H2,1-3H3. The van der Waals surface area contributed by atoms with Crippen molar-refractivity contribution >= 4 is 0 Å². The summed E-state index contributed by atoms with van der Waals surface area (Å²) in [6.07, 6.45) is 3.64. The molecule has 0 aromatic heterocycles. The molecule has 19 heavy (non-hydrogen) atoms. The van der Waals surface area contributed by atoms with Crippen molar-refractivity contribution in [1.82, 2.24) is 10.2 Å². The van der Waals surface area contributed by atoms with Crippen LogP contribution in [0.5, 0.6) is 5.75 Å². The molecule has 3 nitrogen and oxygen atoms in total. The zero-order valence-corrected chi connectivity index (χ0v) is 12.4. The zero-order valence-electron chi connectivity index (χ0n) is 12.4. The molecule has 0 bridgehead atoms. The maximum absolute atomic E-state index is 5.96. The second kappa shape index (κ2) is 6.40. The minimum Gasteiger partial charge on any atom is -0.493 e. The average Bonchev–Trinajstić information content (AvgIpc) is 2.74. The Morgan fingerprint density at radius 2 is 2.16 bits per heavy atom. The maximum Gasteiger partial charge on any atom is 0.122 e. The number of para-hydroxylation sites is 1.